The summed E-state index contributed by atoms with van der Waals surface area (Å²) in [6, 6.07) is 9.26. The fourth-order valence-corrected chi connectivity index (χ4v) is 2.65. The van der Waals surface area contributed by atoms with E-state index in [1.54, 1.807) is 29.7 Å². The molecule has 0 radical (unpaired) electrons. The molecular weight excluding hydrogens is 353 g/mol. The largest absolute Gasteiger partial charge is 0.481 e. The van der Waals surface area contributed by atoms with Crippen molar-refractivity contribution in [3.63, 3.8) is 0 Å². The molecule has 0 fully saturated rings. The summed E-state index contributed by atoms with van der Waals surface area (Å²) >= 11 is 0. The standard InChI is InChI=1S/C19H18FN3O4/c1-19(2,18(24)23-25)13-6-4-11(10-14(13)20)27-15-8-9-21-17-12(15)5-7-16(22-17)26-3/h4-10,25H,1-3H3,(H,23,24). The lowest BCUT2D eigenvalue weighted by Gasteiger charge is -2.23. The molecule has 140 valence electrons. The lowest BCUT2D eigenvalue weighted by atomic mass is 9.83. The fourth-order valence-electron chi connectivity index (χ4n) is 2.65. The van der Waals surface area contributed by atoms with Gasteiger partial charge in [-0.05, 0) is 32.0 Å². The Morgan fingerprint density at radius 3 is 2.67 bits per heavy atom. The Balaban J connectivity index is 1.94. The van der Waals surface area contributed by atoms with Crippen molar-refractivity contribution in [2.75, 3.05) is 7.11 Å². The molecule has 8 heteroatoms. The van der Waals surface area contributed by atoms with Crippen LogP contribution in [-0.4, -0.2) is 28.2 Å². The van der Waals surface area contributed by atoms with E-state index in [9.17, 15) is 9.18 Å². The van der Waals surface area contributed by atoms with Crippen LogP contribution >= 0.6 is 0 Å². The van der Waals surface area contributed by atoms with Gasteiger partial charge >= 0.3 is 0 Å². The molecule has 2 N–H and O–H groups in total. The number of aromatic nitrogens is 2. The summed E-state index contributed by atoms with van der Waals surface area (Å²) in [6.07, 6.45) is 1.53. The second kappa shape index (κ2) is 7.16. The number of rotatable bonds is 5. The highest BCUT2D eigenvalue weighted by Gasteiger charge is 2.32. The van der Waals surface area contributed by atoms with E-state index in [0.717, 1.165) is 0 Å². The van der Waals surface area contributed by atoms with Gasteiger partial charge in [-0.15, -0.1) is 0 Å². The van der Waals surface area contributed by atoms with Crippen molar-refractivity contribution in [1.82, 2.24) is 15.4 Å². The molecule has 2 aromatic heterocycles. The molecule has 3 rings (SSSR count). The molecule has 0 bridgehead atoms. The van der Waals surface area contributed by atoms with Crippen molar-refractivity contribution in [1.29, 1.82) is 0 Å². The number of pyridine rings is 2. The first-order valence-electron chi connectivity index (χ1n) is 8.09. The first-order chi connectivity index (χ1) is 12.9. The van der Waals surface area contributed by atoms with E-state index in [4.69, 9.17) is 14.7 Å². The van der Waals surface area contributed by atoms with Crippen LogP contribution in [0.25, 0.3) is 11.0 Å². The Kier molecular flexibility index (Phi) is 4.91. The molecule has 0 atom stereocenters. The molecule has 0 saturated carbocycles. The van der Waals surface area contributed by atoms with Crippen LogP contribution in [0.15, 0.2) is 42.6 Å². The summed E-state index contributed by atoms with van der Waals surface area (Å²) in [4.78, 5) is 20.2. The number of amides is 1. The fraction of sp³-hybridized carbons (Fsp3) is 0.211. The average Bonchev–Trinajstić information content (AvgIpc) is 2.66. The number of ether oxygens (including phenoxy) is 2. The lowest BCUT2D eigenvalue weighted by molar-refractivity contribution is -0.134. The number of hydrogen-bond acceptors (Lipinski definition) is 6. The number of benzene rings is 1. The zero-order valence-electron chi connectivity index (χ0n) is 15.0. The highest BCUT2D eigenvalue weighted by atomic mass is 19.1. The van der Waals surface area contributed by atoms with Crippen LogP contribution < -0.4 is 15.0 Å². The number of methoxy groups -OCH3 is 1. The van der Waals surface area contributed by atoms with Gasteiger partial charge < -0.3 is 9.47 Å². The van der Waals surface area contributed by atoms with Crippen LogP contribution in [0.2, 0.25) is 0 Å². The van der Waals surface area contributed by atoms with E-state index in [-0.39, 0.29) is 11.3 Å². The highest BCUT2D eigenvalue weighted by molar-refractivity contribution is 5.86. The number of carbonyl (C=O) groups excluding carboxylic acids is 1. The molecule has 1 amide bonds. The molecular formula is C19H18FN3O4. The monoisotopic (exact) mass is 371 g/mol. The predicted octanol–water partition coefficient (Wildman–Crippen LogP) is 3.35. The number of hydrogen-bond donors (Lipinski definition) is 2. The molecule has 0 aliphatic carbocycles. The van der Waals surface area contributed by atoms with Gasteiger partial charge in [0.1, 0.15) is 17.3 Å². The molecule has 3 aromatic rings. The Bertz CT molecular complexity index is 1010. The number of hydroxylamine groups is 1. The van der Waals surface area contributed by atoms with Gasteiger partial charge in [-0.1, -0.05) is 6.07 Å². The van der Waals surface area contributed by atoms with Crippen molar-refractivity contribution in [2.45, 2.75) is 19.3 Å². The van der Waals surface area contributed by atoms with E-state index < -0.39 is 17.1 Å². The molecule has 27 heavy (non-hydrogen) atoms. The Morgan fingerprint density at radius 1 is 1.22 bits per heavy atom. The molecule has 7 nitrogen and oxygen atoms in total. The maximum atomic E-state index is 14.6. The van der Waals surface area contributed by atoms with Gasteiger partial charge in [0.2, 0.25) is 5.88 Å². The molecule has 0 spiro atoms. The number of halogens is 1. The van der Waals surface area contributed by atoms with Crippen LogP contribution in [0.4, 0.5) is 4.39 Å². The average molecular weight is 371 g/mol. The number of fused-ring (bicyclic) bond motifs is 1. The summed E-state index contributed by atoms with van der Waals surface area (Å²) in [5, 5.41) is 9.48. The number of carbonyl (C=O) groups is 1. The van der Waals surface area contributed by atoms with Gasteiger partial charge in [0.15, 0.2) is 5.65 Å². The zero-order valence-corrected chi connectivity index (χ0v) is 15.0. The van der Waals surface area contributed by atoms with Gasteiger partial charge in [0.05, 0.1) is 17.9 Å². The summed E-state index contributed by atoms with van der Waals surface area (Å²) < 4.78 is 25.4. The minimum atomic E-state index is -1.25. The second-order valence-corrected chi connectivity index (χ2v) is 6.34. The van der Waals surface area contributed by atoms with Crippen LogP contribution in [0.5, 0.6) is 17.4 Å². The minimum absolute atomic E-state index is 0.132. The van der Waals surface area contributed by atoms with E-state index in [1.165, 1.54) is 39.3 Å². The molecule has 0 saturated heterocycles. The molecule has 1 aromatic carbocycles. The van der Waals surface area contributed by atoms with Crippen LogP contribution in [0.1, 0.15) is 19.4 Å². The van der Waals surface area contributed by atoms with E-state index in [2.05, 4.69) is 9.97 Å². The van der Waals surface area contributed by atoms with E-state index >= 15 is 0 Å². The summed E-state index contributed by atoms with van der Waals surface area (Å²) in [5.41, 5.74) is 0.872. The van der Waals surface area contributed by atoms with Crippen molar-refractivity contribution in [3.05, 3.63) is 54.0 Å². The molecule has 0 aliphatic heterocycles. The topological polar surface area (TPSA) is 93.6 Å². The molecule has 2 heterocycles. The molecule has 0 unspecified atom stereocenters. The summed E-state index contributed by atoms with van der Waals surface area (Å²) in [7, 11) is 1.51. The minimum Gasteiger partial charge on any atom is -0.481 e. The quantitative estimate of drug-likeness (QED) is 0.528. The smallest absolute Gasteiger partial charge is 0.253 e. The van der Waals surface area contributed by atoms with Gasteiger partial charge in [-0.3, -0.25) is 10.0 Å². The van der Waals surface area contributed by atoms with E-state index in [0.29, 0.717) is 22.7 Å². The Labute approximate surface area is 154 Å². The Hall–Kier alpha value is -3.26. The first kappa shape index (κ1) is 18.5. The van der Waals surface area contributed by atoms with Crippen molar-refractivity contribution >= 4 is 16.9 Å². The van der Waals surface area contributed by atoms with Crippen molar-refractivity contribution < 1.29 is 23.9 Å². The lowest BCUT2D eigenvalue weighted by Crippen LogP contribution is -2.39. The summed E-state index contributed by atoms with van der Waals surface area (Å²) in [5.74, 6) is -0.212. The van der Waals surface area contributed by atoms with Gasteiger partial charge in [-0.2, -0.15) is 4.98 Å². The second-order valence-electron chi connectivity index (χ2n) is 6.34. The van der Waals surface area contributed by atoms with Crippen molar-refractivity contribution in [3.8, 4) is 17.4 Å². The van der Waals surface area contributed by atoms with Crippen LogP contribution in [0, 0.1) is 5.82 Å². The van der Waals surface area contributed by atoms with Gasteiger partial charge in [0, 0.05) is 23.9 Å². The normalized spacial score (nSPS) is 11.3. The van der Waals surface area contributed by atoms with Crippen LogP contribution in [0.3, 0.4) is 0 Å². The third kappa shape index (κ3) is 3.52. The Morgan fingerprint density at radius 2 is 2.00 bits per heavy atom. The van der Waals surface area contributed by atoms with Gasteiger partial charge in [0.25, 0.3) is 5.91 Å². The third-order valence-corrected chi connectivity index (χ3v) is 4.26. The number of nitrogens with one attached hydrogen (secondary N) is 1. The zero-order chi connectivity index (χ0) is 19.6. The predicted molar refractivity (Wildman–Crippen MR) is 95.5 cm³/mol. The van der Waals surface area contributed by atoms with E-state index in [1.807, 2.05) is 0 Å². The molecule has 0 aliphatic rings. The van der Waals surface area contributed by atoms with Crippen LogP contribution in [-0.2, 0) is 10.2 Å². The first-order valence-corrected chi connectivity index (χ1v) is 8.09. The SMILES string of the molecule is COc1ccc2c(Oc3ccc(C(C)(C)C(=O)NO)c(F)c3)ccnc2n1. The highest BCUT2D eigenvalue weighted by Crippen LogP contribution is 2.32. The number of nitrogens with zero attached hydrogens (tertiary/aromatic N) is 2. The third-order valence-electron chi connectivity index (χ3n) is 4.26. The van der Waals surface area contributed by atoms with Gasteiger partial charge in [-0.25, -0.2) is 14.9 Å². The summed E-state index contributed by atoms with van der Waals surface area (Å²) in [6.45, 7) is 3.01. The maximum absolute atomic E-state index is 14.6. The van der Waals surface area contributed by atoms with Crippen molar-refractivity contribution in [2.24, 2.45) is 0 Å². The maximum Gasteiger partial charge on any atom is 0.253 e.